The predicted molar refractivity (Wildman–Crippen MR) is 92.8 cm³/mol. The number of carbonyl (C=O) groups excluding carboxylic acids is 1. The van der Waals surface area contributed by atoms with Gasteiger partial charge in [0.1, 0.15) is 5.69 Å². The van der Waals surface area contributed by atoms with E-state index in [1.165, 1.54) is 28.4 Å². The number of likely N-dealkylation sites (tertiary alicyclic amines) is 1. The number of halogens is 3. The monoisotopic (exact) mass is 399 g/mol. The highest BCUT2D eigenvalue weighted by Gasteiger charge is 2.35. The summed E-state index contributed by atoms with van der Waals surface area (Å²) in [5, 5.41) is 11.6. The molecule has 144 valence electrons. The molecule has 1 aliphatic rings. The number of aryl methyl sites for hydroxylation is 1. The van der Waals surface area contributed by atoms with Crippen LogP contribution in [0.5, 0.6) is 0 Å². The highest BCUT2D eigenvalue weighted by molar-refractivity contribution is 7.15. The molecule has 2 aromatic rings. The van der Waals surface area contributed by atoms with Gasteiger partial charge in [0.25, 0.3) is 5.91 Å². The minimum atomic E-state index is -4.43. The first-order valence-electron chi connectivity index (χ1n) is 8.09. The molecule has 1 aromatic carbocycles. The summed E-state index contributed by atoms with van der Waals surface area (Å²) < 4.78 is 38.2. The van der Waals surface area contributed by atoms with Gasteiger partial charge in [0.15, 0.2) is 0 Å². The number of nitrogens with zero attached hydrogens (tertiary/aromatic N) is 2. The third-order valence-corrected chi connectivity index (χ3v) is 5.32. The summed E-state index contributed by atoms with van der Waals surface area (Å²) in [5.74, 6) is -0.349. The van der Waals surface area contributed by atoms with Gasteiger partial charge in [-0.2, -0.15) is 13.2 Å². The number of alkyl halides is 3. The summed E-state index contributed by atoms with van der Waals surface area (Å²) in [6, 6.07) is 4.35. The van der Waals surface area contributed by atoms with Crippen LogP contribution in [0.1, 0.15) is 27.5 Å². The second kappa shape index (κ2) is 7.18. The molecule has 1 aromatic heterocycles. The second-order valence-corrected chi connectivity index (χ2v) is 7.32. The molecule has 0 saturated carbocycles. The predicted octanol–water partition coefficient (Wildman–Crippen LogP) is 3.62. The van der Waals surface area contributed by atoms with Gasteiger partial charge in [0, 0.05) is 13.1 Å². The van der Waals surface area contributed by atoms with Crippen LogP contribution in [0, 0.1) is 6.92 Å². The number of rotatable bonds is 4. The van der Waals surface area contributed by atoms with Crippen molar-refractivity contribution in [3.8, 4) is 10.4 Å². The normalized spacial score (nSPS) is 16.7. The van der Waals surface area contributed by atoms with Gasteiger partial charge in [0.2, 0.25) is 0 Å². The van der Waals surface area contributed by atoms with Gasteiger partial charge in [-0.25, -0.2) is 9.78 Å². The molecule has 6 nitrogen and oxygen atoms in total. The fourth-order valence-electron chi connectivity index (χ4n) is 2.84. The lowest BCUT2D eigenvalue weighted by atomic mass is 10.0. The summed E-state index contributed by atoms with van der Waals surface area (Å²) in [4.78, 5) is 29.7. The summed E-state index contributed by atoms with van der Waals surface area (Å²) in [6.45, 7) is 2.32. The molecular weight excluding hydrogens is 383 g/mol. The van der Waals surface area contributed by atoms with Crippen molar-refractivity contribution in [1.29, 1.82) is 0 Å². The minimum absolute atomic E-state index is 0.125. The van der Waals surface area contributed by atoms with Gasteiger partial charge < -0.3 is 15.3 Å². The average Bonchev–Trinajstić information content (AvgIpc) is 2.95. The number of hydrogen-bond acceptors (Lipinski definition) is 4. The van der Waals surface area contributed by atoms with Crippen LogP contribution in [-0.4, -0.2) is 46.1 Å². The fraction of sp³-hybridized carbons (Fsp3) is 0.353. The standard InChI is InChI=1S/C17H16F3N3O3S/c1-9-22-13(15(24)23-7-6-12(23)8-21-16(25)26)14(27-9)10-2-4-11(5-3-10)17(18,19)20/h2-5,12,21H,6-8H2,1H3,(H,25,26). The maximum Gasteiger partial charge on any atom is 0.416 e. The Morgan fingerprint density at radius 3 is 2.52 bits per heavy atom. The number of carbonyl (C=O) groups is 2. The Bertz CT molecular complexity index is 865. The Balaban J connectivity index is 1.84. The average molecular weight is 399 g/mol. The van der Waals surface area contributed by atoms with Crippen LogP contribution in [0.15, 0.2) is 24.3 Å². The highest BCUT2D eigenvalue weighted by atomic mass is 32.1. The maximum atomic E-state index is 12.8. The Hall–Kier alpha value is -2.62. The molecule has 1 unspecified atom stereocenters. The smallest absolute Gasteiger partial charge is 0.416 e. The first-order chi connectivity index (χ1) is 12.7. The van der Waals surface area contributed by atoms with E-state index in [-0.39, 0.29) is 24.2 Å². The number of amides is 2. The molecule has 0 radical (unpaired) electrons. The van der Waals surface area contributed by atoms with Crippen LogP contribution < -0.4 is 5.32 Å². The number of carboxylic acid groups (broad SMARTS) is 1. The molecule has 1 atom stereocenters. The summed E-state index contributed by atoms with van der Waals surface area (Å²) in [6.07, 6.45) is -4.92. The van der Waals surface area contributed by atoms with E-state index in [0.717, 1.165) is 12.1 Å². The summed E-state index contributed by atoms with van der Waals surface area (Å²) in [5.41, 5.74) is -0.0992. The lowest BCUT2D eigenvalue weighted by Crippen LogP contribution is -2.56. The quantitative estimate of drug-likeness (QED) is 0.823. The van der Waals surface area contributed by atoms with Crippen LogP contribution in [0.2, 0.25) is 0 Å². The van der Waals surface area contributed by atoms with E-state index in [2.05, 4.69) is 10.3 Å². The molecule has 27 heavy (non-hydrogen) atoms. The van der Waals surface area contributed by atoms with Crippen LogP contribution in [0.25, 0.3) is 10.4 Å². The molecule has 10 heteroatoms. The molecular formula is C17H16F3N3O3S. The van der Waals surface area contributed by atoms with E-state index in [1.54, 1.807) is 6.92 Å². The van der Waals surface area contributed by atoms with Gasteiger partial charge in [-0.3, -0.25) is 4.79 Å². The van der Waals surface area contributed by atoms with Crippen molar-refractivity contribution < 1.29 is 27.9 Å². The number of nitrogens with one attached hydrogen (secondary N) is 1. The SMILES string of the molecule is Cc1nc(C(=O)N2CCC2CNC(=O)O)c(-c2ccc(C(F)(F)F)cc2)s1. The van der Waals surface area contributed by atoms with Crippen LogP contribution in [-0.2, 0) is 6.18 Å². The molecule has 1 aliphatic heterocycles. The molecule has 0 aliphatic carbocycles. The summed E-state index contributed by atoms with van der Waals surface area (Å²) in [7, 11) is 0. The molecule has 1 fully saturated rings. The zero-order valence-electron chi connectivity index (χ0n) is 14.2. The molecule has 2 N–H and O–H groups in total. The Kier molecular flexibility index (Phi) is 5.09. The van der Waals surface area contributed by atoms with Crippen LogP contribution in [0.4, 0.5) is 18.0 Å². The minimum Gasteiger partial charge on any atom is -0.465 e. The van der Waals surface area contributed by atoms with Crippen LogP contribution >= 0.6 is 11.3 Å². The van der Waals surface area contributed by atoms with Gasteiger partial charge in [-0.05, 0) is 31.0 Å². The number of hydrogen-bond donors (Lipinski definition) is 2. The van der Waals surface area contributed by atoms with E-state index in [1.807, 2.05) is 0 Å². The van der Waals surface area contributed by atoms with E-state index in [0.29, 0.717) is 28.4 Å². The topological polar surface area (TPSA) is 82.5 Å². The Morgan fingerprint density at radius 1 is 1.33 bits per heavy atom. The second-order valence-electron chi connectivity index (χ2n) is 6.11. The molecule has 0 bridgehead atoms. The zero-order valence-corrected chi connectivity index (χ0v) is 15.0. The molecule has 0 spiro atoms. The lowest BCUT2D eigenvalue weighted by Gasteiger charge is -2.40. The third kappa shape index (κ3) is 4.05. The van der Waals surface area contributed by atoms with Gasteiger partial charge in [0.05, 0.1) is 21.5 Å². The van der Waals surface area contributed by atoms with Gasteiger partial charge in [-0.15, -0.1) is 11.3 Å². The van der Waals surface area contributed by atoms with E-state index in [9.17, 15) is 22.8 Å². The first kappa shape index (κ1) is 19.2. The van der Waals surface area contributed by atoms with Crippen molar-refractivity contribution in [2.75, 3.05) is 13.1 Å². The van der Waals surface area contributed by atoms with E-state index < -0.39 is 17.8 Å². The highest BCUT2D eigenvalue weighted by Crippen LogP contribution is 2.35. The van der Waals surface area contributed by atoms with Crippen molar-refractivity contribution in [3.05, 3.63) is 40.5 Å². The lowest BCUT2D eigenvalue weighted by molar-refractivity contribution is -0.137. The number of thiazole rings is 1. The largest absolute Gasteiger partial charge is 0.465 e. The van der Waals surface area contributed by atoms with Crippen molar-refractivity contribution >= 4 is 23.3 Å². The number of aromatic nitrogens is 1. The zero-order chi connectivity index (χ0) is 19.8. The Labute approximate surface area is 156 Å². The van der Waals surface area contributed by atoms with Gasteiger partial charge >= 0.3 is 12.3 Å². The van der Waals surface area contributed by atoms with Crippen molar-refractivity contribution in [2.45, 2.75) is 25.6 Å². The fourth-order valence-corrected chi connectivity index (χ4v) is 3.76. The third-order valence-electron chi connectivity index (χ3n) is 4.30. The molecule has 1 saturated heterocycles. The first-order valence-corrected chi connectivity index (χ1v) is 8.91. The Morgan fingerprint density at radius 2 is 2.00 bits per heavy atom. The van der Waals surface area contributed by atoms with Crippen LogP contribution in [0.3, 0.4) is 0 Å². The summed E-state index contributed by atoms with van der Waals surface area (Å²) >= 11 is 1.23. The van der Waals surface area contributed by atoms with Gasteiger partial charge in [-0.1, -0.05) is 12.1 Å². The van der Waals surface area contributed by atoms with E-state index in [4.69, 9.17) is 5.11 Å². The molecule has 2 amide bonds. The van der Waals surface area contributed by atoms with E-state index >= 15 is 0 Å². The van der Waals surface area contributed by atoms with Crippen molar-refractivity contribution in [1.82, 2.24) is 15.2 Å². The maximum absolute atomic E-state index is 12.8. The molecule has 2 heterocycles. The van der Waals surface area contributed by atoms with Crippen molar-refractivity contribution in [2.24, 2.45) is 0 Å². The van der Waals surface area contributed by atoms with Crippen molar-refractivity contribution in [3.63, 3.8) is 0 Å². The molecule has 3 rings (SSSR count). The number of benzene rings is 1.